The van der Waals surface area contributed by atoms with Crippen molar-refractivity contribution < 1.29 is 5.11 Å². The van der Waals surface area contributed by atoms with E-state index in [0.717, 1.165) is 44.3 Å². The van der Waals surface area contributed by atoms with E-state index in [1.165, 1.54) is 0 Å². The fraction of sp³-hybridized carbons (Fsp3) is 0.571. The Labute approximate surface area is 108 Å². The predicted octanol–water partition coefficient (Wildman–Crippen LogP) is 1.59. The van der Waals surface area contributed by atoms with Gasteiger partial charge in [-0.15, -0.1) is 0 Å². The van der Waals surface area contributed by atoms with Crippen LogP contribution < -0.4 is 5.32 Å². The van der Waals surface area contributed by atoms with Gasteiger partial charge in [-0.1, -0.05) is 0 Å². The third kappa shape index (κ3) is 3.80. The zero-order valence-electron chi connectivity index (χ0n) is 10.5. The topological polar surface area (TPSA) is 68.9 Å². The number of nitrogens with one attached hydrogen (secondary N) is 1. The minimum Gasteiger partial charge on any atom is -0.393 e. The van der Waals surface area contributed by atoms with Crippen molar-refractivity contribution in [2.75, 3.05) is 6.54 Å². The van der Waals surface area contributed by atoms with Gasteiger partial charge in [0.25, 0.3) is 0 Å². The number of pyridine rings is 1. The Balaban J connectivity index is 1.73. The standard InChI is InChI=1S/C14H19N3O/c15-8-13-7-12(5-6-17-13)10-16-9-11-1-3-14(18)4-2-11/h5-7,11,14,16,18H,1-4,9-10H2. The van der Waals surface area contributed by atoms with Crippen molar-refractivity contribution in [3.8, 4) is 6.07 Å². The Morgan fingerprint density at radius 2 is 2.17 bits per heavy atom. The average Bonchev–Trinajstić information content (AvgIpc) is 2.41. The Hall–Kier alpha value is -1.44. The molecule has 0 bridgehead atoms. The van der Waals surface area contributed by atoms with E-state index in [-0.39, 0.29) is 6.10 Å². The van der Waals surface area contributed by atoms with E-state index < -0.39 is 0 Å². The van der Waals surface area contributed by atoms with E-state index in [1.807, 2.05) is 18.2 Å². The van der Waals surface area contributed by atoms with Crippen LogP contribution in [-0.4, -0.2) is 22.7 Å². The summed E-state index contributed by atoms with van der Waals surface area (Å²) in [7, 11) is 0. The van der Waals surface area contributed by atoms with Crippen LogP contribution in [0.4, 0.5) is 0 Å². The van der Waals surface area contributed by atoms with Gasteiger partial charge in [0.15, 0.2) is 0 Å². The van der Waals surface area contributed by atoms with E-state index in [1.54, 1.807) is 6.20 Å². The van der Waals surface area contributed by atoms with Crippen LogP contribution in [0, 0.1) is 17.2 Å². The molecule has 1 aromatic rings. The lowest BCUT2D eigenvalue weighted by Crippen LogP contribution is -2.27. The Bertz CT molecular complexity index is 419. The highest BCUT2D eigenvalue weighted by molar-refractivity contribution is 5.25. The number of aliphatic hydroxyl groups is 1. The van der Waals surface area contributed by atoms with E-state index in [0.29, 0.717) is 11.6 Å². The molecule has 0 unspecified atom stereocenters. The summed E-state index contributed by atoms with van der Waals surface area (Å²) >= 11 is 0. The summed E-state index contributed by atoms with van der Waals surface area (Å²) in [5.74, 6) is 0.672. The highest BCUT2D eigenvalue weighted by Gasteiger charge is 2.18. The van der Waals surface area contributed by atoms with Gasteiger partial charge in [0, 0.05) is 12.7 Å². The predicted molar refractivity (Wildman–Crippen MR) is 68.6 cm³/mol. The van der Waals surface area contributed by atoms with Gasteiger partial charge in [-0.2, -0.15) is 5.26 Å². The second-order valence-corrected chi connectivity index (χ2v) is 4.97. The SMILES string of the molecule is N#Cc1cc(CNCC2CCC(O)CC2)ccn1. The van der Waals surface area contributed by atoms with Gasteiger partial charge >= 0.3 is 0 Å². The summed E-state index contributed by atoms with van der Waals surface area (Å²) in [6.45, 7) is 1.76. The van der Waals surface area contributed by atoms with E-state index in [4.69, 9.17) is 5.26 Å². The molecule has 96 valence electrons. The minimum atomic E-state index is -0.0837. The zero-order valence-corrected chi connectivity index (χ0v) is 10.5. The van der Waals surface area contributed by atoms with Crippen LogP contribution in [0.5, 0.6) is 0 Å². The maximum atomic E-state index is 9.43. The van der Waals surface area contributed by atoms with Crippen LogP contribution in [0.15, 0.2) is 18.3 Å². The molecule has 0 radical (unpaired) electrons. The van der Waals surface area contributed by atoms with Gasteiger partial charge in [-0.05, 0) is 55.8 Å². The summed E-state index contributed by atoms with van der Waals surface area (Å²) in [6, 6.07) is 5.79. The second-order valence-electron chi connectivity index (χ2n) is 4.97. The van der Waals surface area contributed by atoms with Crippen molar-refractivity contribution in [2.24, 2.45) is 5.92 Å². The van der Waals surface area contributed by atoms with Crippen molar-refractivity contribution >= 4 is 0 Å². The molecule has 4 nitrogen and oxygen atoms in total. The van der Waals surface area contributed by atoms with Crippen molar-refractivity contribution in [1.29, 1.82) is 5.26 Å². The summed E-state index contributed by atoms with van der Waals surface area (Å²) in [5.41, 5.74) is 1.56. The molecule has 4 heteroatoms. The van der Waals surface area contributed by atoms with Crippen molar-refractivity contribution in [3.05, 3.63) is 29.6 Å². The lowest BCUT2D eigenvalue weighted by molar-refractivity contribution is 0.108. The fourth-order valence-electron chi connectivity index (χ4n) is 2.42. The van der Waals surface area contributed by atoms with Crippen LogP contribution in [0.3, 0.4) is 0 Å². The lowest BCUT2D eigenvalue weighted by Gasteiger charge is -2.25. The Morgan fingerprint density at radius 3 is 2.89 bits per heavy atom. The lowest BCUT2D eigenvalue weighted by atomic mass is 9.87. The molecule has 1 saturated carbocycles. The number of nitrogens with zero attached hydrogens (tertiary/aromatic N) is 2. The smallest absolute Gasteiger partial charge is 0.140 e. The van der Waals surface area contributed by atoms with Crippen molar-refractivity contribution in [1.82, 2.24) is 10.3 Å². The number of aromatic nitrogens is 1. The molecule has 1 fully saturated rings. The largest absolute Gasteiger partial charge is 0.393 e. The van der Waals surface area contributed by atoms with Gasteiger partial charge in [0.2, 0.25) is 0 Å². The first kappa shape index (κ1) is 13.0. The van der Waals surface area contributed by atoms with Crippen LogP contribution in [0.2, 0.25) is 0 Å². The molecular formula is C14H19N3O. The van der Waals surface area contributed by atoms with E-state index in [9.17, 15) is 5.11 Å². The van der Waals surface area contributed by atoms with Gasteiger partial charge in [-0.3, -0.25) is 0 Å². The molecule has 0 saturated heterocycles. The fourth-order valence-corrected chi connectivity index (χ4v) is 2.42. The van der Waals surface area contributed by atoms with Gasteiger partial charge in [0.05, 0.1) is 6.10 Å². The molecule has 18 heavy (non-hydrogen) atoms. The molecule has 0 spiro atoms. The molecule has 0 amide bonds. The molecule has 0 aromatic carbocycles. The first-order valence-corrected chi connectivity index (χ1v) is 6.51. The summed E-state index contributed by atoms with van der Waals surface area (Å²) < 4.78 is 0. The molecule has 1 aliphatic carbocycles. The first-order valence-electron chi connectivity index (χ1n) is 6.51. The highest BCUT2D eigenvalue weighted by Crippen LogP contribution is 2.23. The molecule has 2 N–H and O–H groups in total. The Morgan fingerprint density at radius 1 is 1.39 bits per heavy atom. The van der Waals surface area contributed by atoms with Crippen LogP contribution in [-0.2, 0) is 6.54 Å². The van der Waals surface area contributed by atoms with Crippen molar-refractivity contribution in [2.45, 2.75) is 38.3 Å². The molecule has 1 aromatic heterocycles. The molecule has 1 heterocycles. The molecule has 1 aliphatic rings. The minimum absolute atomic E-state index is 0.0837. The summed E-state index contributed by atoms with van der Waals surface area (Å²) in [5, 5.41) is 21.6. The van der Waals surface area contributed by atoms with Crippen LogP contribution in [0.25, 0.3) is 0 Å². The molecule has 0 atom stereocenters. The second kappa shape index (κ2) is 6.48. The average molecular weight is 245 g/mol. The van der Waals surface area contributed by atoms with Crippen LogP contribution >= 0.6 is 0 Å². The van der Waals surface area contributed by atoms with Gasteiger partial charge in [-0.25, -0.2) is 4.98 Å². The number of hydrogen-bond acceptors (Lipinski definition) is 4. The van der Waals surface area contributed by atoms with Crippen molar-refractivity contribution in [3.63, 3.8) is 0 Å². The Kier molecular flexibility index (Phi) is 4.68. The number of hydrogen-bond donors (Lipinski definition) is 2. The first-order chi connectivity index (χ1) is 8.78. The monoisotopic (exact) mass is 245 g/mol. The highest BCUT2D eigenvalue weighted by atomic mass is 16.3. The maximum absolute atomic E-state index is 9.43. The molecule has 2 rings (SSSR count). The summed E-state index contributed by atoms with van der Waals surface area (Å²) in [4.78, 5) is 3.95. The molecule has 0 aliphatic heterocycles. The molecular weight excluding hydrogens is 226 g/mol. The van der Waals surface area contributed by atoms with Gasteiger partial charge in [0.1, 0.15) is 11.8 Å². The zero-order chi connectivity index (χ0) is 12.8. The third-order valence-electron chi connectivity index (χ3n) is 3.52. The maximum Gasteiger partial charge on any atom is 0.140 e. The third-order valence-corrected chi connectivity index (χ3v) is 3.52. The van der Waals surface area contributed by atoms with E-state index in [2.05, 4.69) is 10.3 Å². The quantitative estimate of drug-likeness (QED) is 0.845. The number of nitriles is 1. The summed E-state index contributed by atoms with van der Waals surface area (Å²) in [6.07, 6.45) is 5.66. The van der Waals surface area contributed by atoms with E-state index >= 15 is 0 Å². The normalized spacial score (nSPS) is 23.6. The van der Waals surface area contributed by atoms with Gasteiger partial charge < -0.3 is 10.4 Å². The number of aliphatic hydroxyl groups excluding tert-OH is 1. The van der Waals surface area contributed by atoms with Crippen LogP contribution in [0.1, 0.15) is 36.9 Å². The number of rotatable bonds is 4.